The lowest BCUT2D eigenvalue weighted by atomic mass is 10.3. The average molecular weight is 379 g/mol. The SMILES string of the molecule is O=C(O)CN(CCN(CCN(CC(=O)O)CC(=O)O)C(=O)O)CC(=O)O. The minimum Gasteiger partial charge on any atom is -0.480 e. The van der Waals surface area contributed by atoms with Gasteiger partial charge in [-0.25, -0.2) is 4.79 Å². The van der Waals surface area contributed by atoms with Crippen molar-refractivity contribution >= 4 is 30.0 Å². The molecule has 26 heavy (non-hydrogen) atoms. The highest BCUT2D eigenvalue weighted by Crippen LogP contribution is 1.97. The van der Waals surface area contributed by atoms with E-state index in [1.165, 1.54) is 0 Å². The Morgan fingerprint density at radius 3 is 0.962 bits per heavy atom. The molecule has 0 aliphatic carbocycles. The van der Waals surface area contributed by atoms with E-state index >= 15 is 0 Å². The van der Waals surface area contributed by atoms with Gasteiger partial charge in [0.1, 0.15) is 0 Å². The second-order valence-corrected chi connectivity index (χ2v) is 5.27. The molecule has 0 rings (SSSR count). The average Bonchev–Trinajstić information content (AvgIpc) is 2.43. The molecule has 0 unspecified atom stereocenters. The number of hydrogen-bond acceptors (Lipinski definition) is 7. The molecule has 0 atom stereocenters. The fraction of sp³-hybridized carbons (Fsp3) is 0.615. The van der Waals surface area contributed by atoms with Crippen molar-refractivity contribution in [2.45, 2.75) is 0 Å². The first kappa shape index (κ1) is 23.1. The van der Waals surface area contributed by atoms with Crippen molar-refractivity contribution in [2.75, 3.05) is 52.4 Å². The van der Waals surface area contributed by atoms with E-state index in [0.29, 0.717) is 0 Å². The normalized spacial score (nSPS) is 10.7. The molecule has 13 nitrogen and oxygen atoms in total. The standard InChI is InChI=1S/C13H21N3O10/c17-9(18)5-14(6-10(19)20)1-3-16(13(25)26)4-2-15(7-11(21)22)8-12(23)24/h1-8H2,(H,17,18)(H,19,20)(H,21,22)(H,23,24)(H,25,26). The van der Waals surface area contributed by atoms with Crippen molar-refractivity contribution in [3.8, 4) is 0 Å². The monoisotopic (exact) mass is 379 g/mol. The first-order valence-corrected chi connectivity index (χ1v) is 7.31. The molecule has 0 aliphatic rings. The van der Waals surface area contributed by atoms with Crippen LogP contribution < -0.4 is 0 Å². The molecule has 0 aliphatic heterocycles. The number of amides is 1. The first-order valence-electron chi connectivity index (χ1n) is 7.31. The molecule has 0 bridgehead atoms. The molecule has 1 amide bonds. The summed E-state index contributed by atoms with van der Waals surface area (Å²) < 4.78 is 0. The van der Waals surface area contributed by atoms with E-state index in [1.54, 1.807) is 0 Å². The second kappa shape index (κ2) is 11.6. The summed E-state index contributed by atoms with van der Waals surface area (Å²) in [4.78, 5) is 56.9. The van der Waals surface area contributed by atoms with Gasteiger partial charge in [-0.15, -0.1) is 0 Å². The lowest BCUT2D eigenvalue weighted by molar-refractivity contribution is -0.143. The van der Waals surface area contributed by atoms with Crippen LogP contribution in [0.1, 0.15) is 0 Å². The highest BCUT2D eigenvalue weighted by molar-refractivity contribution is 5.73. The summed E-state index contributed by atoms with van der Waals surface area (Å²) in [6.07, 6.45) is -1.39. The van der Waals surface area contributed by atoms with Crippen molar-refractivity contribution < 1.29 is 49.5 Å². The van der Waals surface area contributed by atoms with Gasteiger partial charge < -0.3 is 30.4 Å². The summed E-state index contributed by atoms with van der Waals surface area (Å²) >= 11 is 0. The minimum atomic E-state index is -1.39. The number of nitrogens with zero attached hydrogens (tertiary/aromatic N) is 3. The fourth-order valence-corrected chi connectivity index (χ4v) is 2.02. The zero-order valence-electron chi connectivity index (χ0n) is 13.8. The summed E-state index contributed by atoms with van der Waals surface area (Å²) in [6.45, 7) is -3.19. The van der Waals surface area contributed by atoms with Gasteiger partial charge >= 0.3 is 30.0 Å². The number of carboxylic acid groups (broad SMARTS) is 5. The minimum absolute atomic E-state index is 0.178. The Morgan fingerprint density at radius 2 is 0.769 bits per heavy atom. The summed E-state index contributed by atoms with van der Waals surface area (Å²) in [5.41, 5.74) is 0. The Bertz CT molecular complexity index is 466. The molecule has 0 saturated heterocycles. The third kappa shape index (κ3) is 11.6. The number of carboxylic acids is 4. The van der Waals surface area contributed by atoms with Gasteiger partial charge in [-0.3, -0.25) is 29.0 Å². The summed E-state index contributed by atoms with van der Waals surface area (Å²) in [5.74, 6) is -5.10. The maximum atomic E-state index is 11.2. The second-order valence-electron chi connectivity index (χ2n) is 5.27. The molecule has 13 heteroatoms. The van der Waals surface area contributed by atoms with E-state index in [2.05, 4.69) is 0 Å². The topological polar surface area (TPSA) is 196 Å². The Balaban J connectivity index is 4.76. The van der Waals surface area contributed by atoms with Gasteiger partial charge in [-0.1, -0.05) is 0 Å². The van der Waals surface area contributed by atoms with Crippen LogP contribution in [-0.4, -0.2) is 123 Å². The highest BCUT2D eigenvalue weighted by Gasteiger charge is 2.20. The maximum Gasteiger partial charge on any atom is 0.407 e. The van der Waals surface area contributed by atoms with Crippen molar-refractivity contribution in [3.63, 3.8) is 0 Å². The molecule has 0 radical (unpaired) electrons. The molecule has 5 N–H and O–H groups in total. The molecular weight excluding hydrogens is 358 g/mol. The van der Waals surface area contributed by atoms with Crippen LogP contribution >= 0.6 is 0 Å². The van der Waals surface area contributed by atoms with Gasteiger partial charge in [0.15, 0.2) is 0 Å². The maximum absolute atomic E-state index is 11.2. The lowest BCUT2D eigenvalue weighted by Crippen LogP contribution is -2.45. The highest BCUT2D eigenvalue weighted by atomic mass is 16.4. The smallest absolute Gasteiger partial charge is 0.407 e. The van der Waals surface area contributed by atoms with E-state index in [4.69, 9.17) is 25.5 Å². The van der Waals surface area contributed by atoms with E-state index in [1.807, 2.05) is 0 Å². The molecule has 0 aromatic carbocycles. The van der Waals surface area contributed by atoms with E-state index in [0.717, 1.165) is 14.7 Å². The van der Waals surface area contributed by atoms with E-state index < -0.39 is 56.1 Å². The summed E-state index contributed by atoms with van der Waals surface area (Å²) in [7, 11) is 0. The molecule has 0 spiro atoms. The Hall–Kier alpha value is -2.93. The van der Waals surface area contributed by atoms with Gasteiger partial charge in [-0.2, -0.15) is 0 Å². The third-order valence-electron chi connectivity index (χ3n) is 3.08. The van der Waals surface area contributed by atoms with Gasteiger partial charge in [0.05, 0.1) is 26.2 Å². The number of carbonyl (C=O) groups is 5. The Morgan fingerprint density at radius 1 is 0.500 bits per heavy atom. The van der Waals surface area contributed by atoms with Gasteiger partial charge in [0.2, 0.25) is 0 Å². The van der Waals surface area contributed by atoms with Crippen LogP contribution in [0.15, 0.2) is 0 Å². The van der Waals surface area contributed by atoms with E-state index in [-0.39, 0.29) is 26.2 Å². The first-order chi connectivity index (χ1) is 12.0. The fourth-order valence-electron chi connectivity index (χ4n) is 2.02. The molecule has 0 aromatic heterocycles. The van der Waals surface area contributed by atoms with Crippen molar-refractivity contribution in [2.24, 2.45) is 0 Å². The predicted octanol–water partition coefficient (Wildman–Crippen LogP) is -2.09. The summed E-state index contributed by atoms with van der Waals surface area (Å²) in [6, 6.07) is 0. The zero-order valence-corrected chi connectivity index (χ0v) is 13.8. The van der Waals surface area contributed by atoms with Gasteiger partial charge in [-0.05, 0) is 0 Å². The van der Waals surface area contributed by atoms with Crippen LogP contribution in [-0.2, 0) is 19.2 Å². The van der Waals surface area contributed by atoms with Gasteiger partial charge in [0, 0.05) is 26.2 Å². The number of aliphatic carboxylic acids is 4. The Labute approximate surface area is 147 Å². The van der Waals surface area contributed by atoms with Crippen LogP contribution in [0.4, 0.5) is 4.79 Å². The van der Waals surface area contributed by atoms with Crippen molar-refractivity contribution in [1.82, 2.24) is 14.7 Å². The lowest BCUT2D eigenvalue weighted by Gasteiger charge is -2.26. The van der Waals surface area contributed by atoms with Gasteiger partial charge in [0.25, 0.3) is 0 Å². The van der Waals surface area contributed by atoms with Crippen LogP contribution in [0.5, 0.6) is 0 Å². The molecular formula is C13H21N3O10. The van der Waals surface area contributed by atoms with E-state index in [9.17, 15) is 24.0 Å². The molecule has 0 aromatic rings. The zero-order chi connectivity index (χ0) is 20.3. The van der Waals surface area contributed by atoms with Crippen LogP contribution in [0.2, 0.25) is 0 Å². The largest absolute Gasteiger partial charge is 0.480 e. The number of hydrogen-bond donors (Lipinski definition) is 5. The Kier molecular flexibility index (Phi) is 10.3. The molecule has 0 saturated carbocycles. The van der Waals surface area contributed by atoms with Crippen LogP contribution in [0.25, 0.3) is 0 Å². The van der Waals surface area contributed by atoms with Crippen molar-refractivity contribution in [1.29, 1.82) is 0 Å². The molecule has 148 valence electrons. The predicted molar refractivity (Wildman–Crippen MR) is 83.0 cm³/mol. The third-order valence-corrected chi connectivity index (χ3v) is 3.08. The number of rotatable bonds is 14. The molecule has 0 fully saturated rings. The van der Waals surface area contributed by atoms with Crippen molar-refractivity contribution in [3.05, 3.63) is 0 Å². The van der Waals surface area contributed by atoms with Crippen LogP contribution in [0.3, 0.4) is 0 Å². The summed E-state index contributed by atoms with van der Waals surface area (Å²) in [5, 5.41) is 44.1. The van der Waals surface area contributed by atoms with Crippen LogP contribution in [0, 0.1) is 0 Å². The molecule has 0 heterocycles. The quantitative estimate of drug-likeness (QED) is 0.221.